The van der Waals surface area contributed by atoms with Gasteiger partial charge in [0.2, 0.25) is 0 Å². The number of nitrogens with two attached hydrogens (primary N) is 1. The van der Waals surface area contributed by atoms with Gasteiger partial charge in [-0.15, -0.1) is 0 Å². The Bertz CT molecular complexity index is 1070. The summed E-state index contributed by atoms with van der Waals surface area (Å²) in [5.74, 6) is 1.50. The number of nitrogens with zero attached hydrogens (tertiary/aromatic N) is 4. The number of anilines is 1. The Balaban J connectivity index is 0.000000300. The van der Waals surface area contributed by atoms with Gasteiger partial charge in [0.05, 0.1) is 5.56 Å². The highest BCUT2D eigenvalue weighted by atomic mass is 19.1. The van der Waals surface area contributed by atoms with Gasteiger partial charge in [-0.1, -0.05) is 12.1 Å². The number of halogens is 1. The van der Waals surface area contributed by atoms with Crippen LogP contribution in [0.25, 0.3) is 22.4 Å². The summed E-state index contributed by atoms with van der Waals surface area (Å²) in [5.41, 5.74) is 8.68. The fraction of sp³-hybridized carbons (Fsp3) is 0.542. The van der Waals surface area contributed by atoms with Gasteiger partial charge in [0, 0.05) is 37.7 Å². The van der Waals surface area contributed by atoms with E-state index in [4.69, 9.17) is 20.0 Å². The minimum absolute atomic E-state index is 0.272. The molecule has 2 fully saturated rings. The van der Waals surface area contributed by atoms with Gasteiger partial charge < -0.3 is 19.9 Å². The normalized spacial score (nSPS) is 17.0. The molecule has 0 spiro atoms. The number of hydrogen-bond donors (Lipinski definition) is 1. The van der Waals surface area contributed by atoms with Crippen molar-refractivity contribution in [2.75, 3.05) is 31.2 Å². The van der Waals surface area contributed by atoms with Crippen LogP contribution in [0, 0.1) is 19.7 Å². The fourth-order valence-electron chi connectivity index (χ4n) is 4.25. The van der Waals surface area contributed by atoms with Gasteiger partial charge in [0.25, 0.3) is 5.89 Å². The van der Waals surface area contributed by atoms with Crippen LogP contribution in [-0.2, 0) is 11.2 Å². The van der Waals surface area contributed by atoms with E-state index in [9.17, 15) is 4.39 Å². The second-order valence-electron chi connectivity index (χ2n) is 8.55. The molecule has 2 aliphatic rings. The average molecular weight is 442 g/mol. The third-order valence-corrected chi connectivity index (χ3v) is 6.16. The highest BCUT2D eigenvalue weighted by Gasteiger charge is 2.25. The van der Waals surface area contributed by atoms with Crippen LogP contribution in [0.3, 0.4) is 0 Å². The van der Waals surface area contributed by atoms with Crippen molar-refractivity contribution in [3.8, 4) is 11.5 Å². The minimum Gasteiger partial charge on any atom is -0.381 e. The van der Waals surface area contributed by atoms with Crippen molar-refractivity contribution in [1.82, 2.24) is 15.1 Å². The van der Waals surface area contributed by atoms with Crippen molar-refractivity contribution in [3.05, 3.63) is 34.9 Å². The van der Waals surface area contributed by atoms with E-state index in [0.717, 1.165) is 86.3 Å². The molecule has 0 amide bonds. The van der Waals surface area contributed by atoms with Crippen molar-refractivity contribution in [3.63, 3.8) is 0 Å². The molecule has 4 heterocycles. The maximum Gasteiger partial charge on any atom is 0.261 e. The summed E-state index contributed by atoms with van der Waals surface area (Å²) >= 11 is 0. The molecule has 2 N–H and O–H groups in total. The Kier molecular flexibility index (Phi) is 7.01. The average Bonchev–Trinajstić information content (AvgIpc) is 3.47. The number of benzene rings is 1. The summed E-state index contributed by atoms with van der Waals surface area (Å²) in [6.45, 7) is 9.34. The van der Waals surface area contributed by atoms with Crippen LogP contribution >= 0.6 is 0 Å². The van der Waals surface area contributed by atoms with E-state index in [2.05, 4.69) is 15.0 Å². The van der Waals surface area contributed by atoms with E-state index in [1.54, 1.807) is 13.0 Å². The standard InChI is InChI=1S/C19H21FN4O.C5H11NO/c1-4-13-9-14-11(2)16(19-21-12(3)23-25-19)18(24-7-5-6-8-24)22-17(14)15(20)10-13;6-5-1-3-7-4-2-5/h9-10H,4-8H2,1-3H3;5H,1-4,6H2. The molecule has 5 rings (SSSR count). The molecule has 0 unspecified atom stereocenters. The van der Waals surface area contributed by atoms with Crippen LogP contribution in [0.5, 0.6) is 0 Å². The van der Waals surface area contributed by atoms with Crippen molar-refractivity contribution in [2.45, 2.75) is 58.9 Å². The molecule has 0 atom stereocenters. The SMILES string of the molecule is CCc1cc(F)c2nc(N3CCCC3)c(-c3nc(C)no3)c(C)c2c1.NC1CCOCC1. The third kappa shape index (κ3) is 4.76. The topological polar surface area (TPSA) is 90.3 Å². The monoisotopic (exact) mass is 441 g/mol. The molecule has 0 aliphatic carbocycles. The van der Waals surface area contributed by atoms with Gasteiger partial charge in [-0.25, -0.2) is 9.37 Å². The Morgan fingerprint density at radius 3 is 2.41 bits per heavy atom. The Hall–Kier alpha value is -2.58. The van der Waals surface area contributed by atoms with Gasteiger partial charge in [-0.2, -0.15) is 4.98 Å². The molecule has 32 heavy (non-hydrogen) atoms. The van der Waals surface area contributed by atoms with Crippen LogP contribution in [0.2, 0.25) is 0 Å². The maximum absolute atomic E-state index is 14.7. The number of ether oxygens (including phenoxy) is 1. The predicted octanol–water partition coefficient (Wildman–Crippen LogP) is 4.33. The summed E-state index contributed by atoms with van der Waals surface area (Å²) in [7, 11) is 0. The lowest BCUT2D eigenvalue weighted by molar-refractivity contribution is 0.0866. The molecule has 3 aromatic rings. The summed E-state index contributed by atoms with van der Waals surface area (Å²) in [5, 5.41) is 4.74. The zero-order chi connectivity index (χ0) is 22.7. The maximum atomic E-state index is 14.7. The molecule has 2 saturated heterocycles. The fourth-order valence-corrected chi connectivity index (χ4v) is 4.25. The van der Waals surface area contributed by atoms with E-state index in [1.165, 1.54) is 0 Å². The largest absolute Gasteiger partial charge is 0.381 e. The second-order valence-corrected chi connectivity index (χ2v) is 8.55. The quantitative estimate of drug-likeness (QED) is 0.647. The van der Waals surface area contributed by atoms with Crippen LogP contribution in [0.4, 0.5) is 10.2 Å². The number of rotatable bonds is 3. The van der Waals surface area contributed by atoms with Crippen molar-refractivity contribution in [2.24, 2.45) is 5.73 Å². The predicted molar refractivity (Wildman–Crippen MR) is 123 cm³/mol. The number of pyridine rings is 1. The first-order valence-corrected chi connectivity index (χ1v) is 11.5. The molecule has 0 radical (unpaired) electrons. The first-order valence-electron chi connectivity index (χ1n) is 11.5. The lowest BCUT2D eigenvalue weighted by Crippen LogP contribution is -2.28. The van der Waals surface area contributed by atoms with Crippen molar-refractivity contribution >= 4 is 16.7 Å². The molecule has 0 bridgehead atoms. The molecule has 172 valence electrons. The van der Waals surface area contributed by atoms with Crippen LogP contribution in [-0.4, -0.2) is 47.5 Å². The lowest BCUT2D eigenvalue weighted by Gasteiger charge is -2.21. The molecule has 7 nitrogen and oxygen atoms in total. The Labute approximate surface area is 188 Å². The zero-order valence-electron chi connectivity index (χ0n) is 19.2. The smallest absolute Gasteiger partial charge is 0.261 e. The molecule has 1 aromatic carbocycles. The molecule has 0 saturated carbocycles. The summed E-state index contributed by atoms with van der Waals surface area (Å²) in [6, 6.07) is 4.01. The molecule has 8 heteroatoms. The first kappa shape index (κ1) is 22.6. The number of aryl methyl sites for hydroxylation is 3. The highest BCUT2D eigenvalue weighted by molar-refractivity contribution is 5.93. The van der Waals surface area contributed by atoms with E-state index in [-0.39, 0.29) is 5.82 Å². The number of fused-ring (bicyclic) bond motifs is 1. The van der Waals surface area contributed by atoms with Gasteiger partial charge in [0.15, 0.2) is 5.82 Å². The van der Waals surface area contributed by atoms with Crippen molar-refractivity contribution in [1.29, 1.82) is 0 Å². The first-order chi connectivity index (χ1) is 15.5. The van der Waals surface area contributed by atoms with Gasteiger partial charge in [-0.3, -0.25) is 0 Å². The molecule has 2 aliphatic heterocycles. The number of aromatic nitrogens is 3. The number of hydrogen-bond acceptors (Lipinski definition) is 7. The van der Waals surface area contributed by atoms with Gasteiger partial charge in [-0.05, 0) is 69.2 Å². The summed E-state index contributed by atoms with van der Waals surface area (Å²) in [6.07, 6.45) is 5.08. The van der Waals surface area contributed by atoms with Gasteiger partial charge in [0.1, 0.15) is 17.2 Å². The van der Waals surface area contributed by atoms with Gasteiger partial charge >= 0.3 is 0 Å². The van der Waals surface area contributed by atoms with E-state index in [1.807, 2.05) is 19.9 Å². The van der Waals surface area contributed by atoms with Crippen LogP contribution in [0.15, 0.2) is 16.7 Å². The van der Waals surface area contributed by atoms with E-state index in [0.29, 0.717) is 23.3 Å². The molecular formula is C24H32FN5O2. The minimum atomic E-state index is -0.272. The summed E-state index contributed by atoms with van der Waals surface area (Å²) in [4.78, 5) is 11.3. The summed E-state index contributed by atoms with van der Waals surface area (Å²) < 4.78 is 25.2. The van der Waals surface area contributed by atoms with Crippen molar-refractivity contribution < 1.29 is 13.7 Å². The lowest BCUT2D eigenvalue weighted by atomic mass is 10.00. The highest BCUT2D eigenvalue weighted by Crippen LogP contribution is 2.38. The van der Waals surface area contributed by atoms with E-state index < -0.39 is 0 Å². The Morgan fingerprint density at radius 1 is 1.12 bits per heavy atom. The Morgan fingerprint density at radius 2 is 1.84 bits per heavy atom. The molecular weight excluding hydrogens is 409 g/mol. The second kappa shape index (κ2) is 9.92. The zero-order valence-corrected chi connectivity index (χ0v) is 19.2. The van der Waals surface area contributed by atoms with E-state index >= 15 is 0 Å². The molecule has 2 aromatic heterocycles. The third-order valence-electron chi connectivity index (χ3n) is 6.16. The van der Waals surface area contributed by atoms with Crippen LogP contribution < -0.4 is 10.6 Å². The van der Waals surface area contributed by atoms with Crippen LogP contribution in [0.1, 0.15) is 49.6 Å².